The topological polar surface area (TPSA) is 268 Å². The fraction of sp³-hybridized carbons (Fsp3) is 0.571. The molecule has 0 aromatic carbocycles. The van der Waals surface area contributed by atoms with Gasteiger partial charge in [0.25, 0.3) is 11.1 Å². The summed E-state index contributed by atoms with van der Waals surface area (Å²) >= 11 is 0. The van der Waals surface area contributed by atoms with Gasteiger partial charge in [-0.1, -0.05) is 0 Å². The summed E-state index contributed by atoms with van der Waals surface area (Å²) in [6.07, 6.45) is 2.63. The molecule has 19 nitrogen and oxygen atoms in total. The van der Waals surface area contributed by atoms with Gasteiger partial charge in [0.05, 0.1) is 25.6 Å². The summed E-state index contributed by atoms with van der Waals surface area (Å²) in [6, 6.07) is -0.0831. The molecule has 6 atom stereocenters. The van der Waals surface area contributed by atoms with Gasteiger partial charge < -0.3 is 35.0 Å². The summed E-state index contributed by atoms with van der Waals surface area (Å²) < 4.78 is 48.0. The summed E-state index contributed by atoms with van der Waals surface area (Å²) in [7, 11) is -7.92. The summed E-state index contributed by atoms with van der Waals surface area (Å²) in [6.45, 7) is -0.674. The fourth-order valence-electron chi connectivity index (χ4n) is 5.02. The number of phosphoric ester groups is 2. The van der Waals surface area contributed by atoms with Crippen LogP contribution >= 0.6 is 15.6 Å². The van der Waals surface area contributed by atoms with Crippen LogP contribution in [0.3, 0.4) is 0 Å². The summed E-state index contributed by atoms with van der Waals surface area (Å²) in [4.78, 5) is 67.6. The second-order valence-electron chi connectivity index (χ2n) is 10.1. The molecule has 4 heterocycles. The van der Waals surface area contributed by atoms with Crippen molar-refractivity contribution in [2.45, 2.75) is 50.2 Å². The van der Waals surface area contributed by atoms with Gasteiger partial charge in [0.1, 0.15) is 6.10 Å². The fourth-order valence-corrected chi connectivity index (χ4v) is 6.37. The second-order valence-corrected chi connectivity index (χ2v) is 12.7. The number of anilines is 2. The lowest BCUT2D eigenvalue weighted by Gasteiger charge is -2.23. The van der Waals surface area contributed by atoms with Gasteiger partial charge in [-0.2, -0.15) is 4.98 Å². The molecule has 42 heavy (non-hydrogen) atoms. The lowest BCUT2D eigenvalue weighted by Crippen LogP contribution is -2.27. The van der Waals surface area contributed by atoms with Crippen LogP contribution in [0.5, 0.6) is 0 Å². The van der Waals surface area contributed by atoms with Crippen molar-refractivity contribution >= 4 is 38.6 Å². The molecule has 0 radical (unpaired) electrons. The lowest BCUT2D eigenvalue weighted by molar-refractivity contribution is -0.0490. The first-order valence-electron chi connectivity index (χ1n) is 12.8. The van der Waals surface area contributed by atoms with Crippen LogP contribution in [0.4, 0.5) is 11.8 Å². The van der Waals surface area contributed by atoms with E-state index in [1.807, 2.05) is 0 Å². The Morgan fingerprint density at radius 2 is 1.95 bits per heavy atom. The minimum atomic E-state index is -4.84. The van der Waals surface area contributed by atoms with E-state index in [0.717, 1.165) is 0 Å². The van der Waals surface area contributed by atoms with E-state index in [0.29, 0.717) is 19.3 Å². The molecule has 2 fully saturated rings. The number of hydrogen-bond donors (Lipinski definition) is 6. The molecule has 3 aromatic rings. The smallest absolute Gasteiger partial charge is 0.369 e. The first kappa shape index (κ1) is 30.5. The SMILES string of the molecule is Cn1ccnc(N[C@H]2CC[C@@H](COP(=O)(O)O[C@@H]3C[C@@H](COP(=O)(O)O)O[C@H]3n3cnc4c(=O)[nH]c(N)nc43)C2)c1=O. The van der Waals surface area contributed by atoms with Gasteiger partial charge in [0.15, 0.2) is 23.2 Å². The van der Waals surface area contributed by atoms with E-state index in [2.05, 4.69) is 29.8 Å². The average Bonchev–Trinajstić information content (AvgIpc) is 3.62. The van der Waals surface area contributed by atoms with Crippen LogP contribution in [0.2, 0.25) is 0 Å². The molecule has 1 saturated carbocycles. The van der Waals surface area contributed by atoms with Crippen LogP contribution in [0.25, 0.3) is 11.2 Å². The van der Waals surface area contributed by atoms with Gasteiger partial charge in [-0.05, 0) is 25.2 Å². The van der Waals surface area contributed by atoms with E-state index in [1.165, 1.54) is 21.7 Å². The molecule has 1 saturated heterocycles. The Morgan fingerprint density at radius 3 is 2.71 bits per heavy atom. The van der Waals surface area contributed by atoms with Crippen molar-refractivity contribution in [3.05, 3.63) is 39.4 Å². The molecule has 3 aromatic heterocycles. The van der Waals surface area contributed by atoms with Crippen molar-refractivity contribution < 1.29 is 42.1 Å². The number of nitrogens with two attached hydrogens (primary N) is 1. The number of hydrogen-bond acceptors (Lipinski definition) is 13. The number of imidazole rings is 1. The Kier molecular flexibility index (Phi) is 8.67. The number of phosphoric acid groups is 2. The Hall–Kier alpha value is -2.99. The molecule has 1 aliphatic carbocycles. The molecule has 0 bridgehead atoms. The highest BCUT2D eigenvalue weighted by Crippen LogP contribution is 2.50. The van der Waals surface area contributed by atoms with Crippen molar-refractivity contribution in [3.8, 4) is 0 Å². The van der Waals surface area contributed by atoms with Crippen molar-refractivity contribution in [1.82, 2.24) is 29.1 Å². The third-order valence-corrected chi connectivity index (χ3v) is 8.44. The Morgan fingerprint density at radius 1 is 1.17 bits per heavy atom. The predicted octanol–water partition coefficient (Wildman–Crippen LogP) is -0.0247. The summed E-state index contributed by atoms with van der Waals surface area (Å²) in [5, 5.41) is 3.11. The van der Waals surface area contributed by atoms with Crippen molar-refractivity contribution in [2.75, 3.05) is 24.3 Å². The molecule has 21 heteroatoms. The van der Waals surface area contributed by atoms with E-state index < -0.39 is 46.2 Å². The number of rotatable bonds is 11. The maximum atomic E-state index is 13.0. The first-order chi connectivity index (χ1) is 19.8. The largest absolute Gasteiger partial charge is 0.472 e. The van der Waals surface area contributed by atoms with Crippen LogP contribution < -0.4 is 22.2 Å². The molecule has 230 valence electrons. The molecular formula is C21H30N8O11P2. The zero-order valence-electron chi connectivity index (χ0n) is 22.2. The molecular weight excluding hydrogens is 602 g/mol. The number of nitrogen functional groups attached to an aromatic ring is 1. The van der Waals surface area contributed by atoms with E-state index >= 15 is 0 Å². The summed E-state index contributed by atoms with van der Waals surface area (Å²) in [5.74, 6) is -0.108. The number of H-pyrrole nitrogens is 1. The van der Waals surface area contributed by atoms with Gasteiger partial charge in [-0.15, -0.1) is 0 Å². The van der Waals surface area contributed by atoms with Crippen LogP contribution in [0.15, 0.2) is 28.3 Å². The van der Waals surface area contributed by atoms with Crippen molar-refractivity contribution in [2.24, 2.45) is 13.0 Å². The molecule has 7 N–H and O–H groups in total. The minimum Gasteiger partial charge on any atom is -0.369 e. The predicted molar refractivity (Wildman–Crippen MR) is 144 cm³/mol. The molecule has 5 rings (SSSR count). The number of ether oxygens (including phenoxy) is 1. The zero-order chi connectivity index (χ0) is 30.2. The Balaban J connectivity index is 1.25. The molecule has 2 aliphatic rings. The first-order valence-corrected chi connectivity index (χ1v) is 15.8. The molecule has 1 unspecified atom stereocenters. The standard InChI is InChI=1S/C21H30N8O11P2/c1-28-5-4-23-16(19(28)31)25-12-3-2-11(6-12)8-38-42(35,36)40-14-7-13(9-37-41(32,33)34)39-20(14)29-10-24-15-17(29)26-21(22)27-18(15)30/h4-5,10-14,20H,2-3,6-9H2,1H3,(H,23,25)(H,35,36)(H2,32,33,34)(H3,22,26,27,30)/t11-,12+,13+,14-,20-/m1/s1. The molecule has 0 amide bonds. The number of fused-ring (bicyclic) bond motifs is 1. The highest BCUT2D eigenvalue weighted by atomic mass is 31.2. The van der Waals surface area contributed by atoms with E-state index in [-0.39, 0.29) is 53.5 Å². The molecule has 1 aliphatic heterocycles. The van der Waals surface area contributed by atoms with E-state index in [4.69, 9.17) is 29.3 Å². The number of aromatic amines is 1. The van der Waals surface area contributed by atoms with E-state index in [9.17, 15) is 23.6 Å². The van der Waals surface area contributed by atoms with Gasteiger partial charge in [-0.3, -0.25) is 32.7 Å². The lowest BCUT2D eigenvalue weighted by atomic mass is 10.1. The summed E-state index contributed by atoms with van der Waals surface area (Å²) in [5.41, 5.74) is 4.67. The Labute approximate surface area is 236 Å². The zero-order valence-corrected chi connectivity index (χ0v) is 24.0. The quantitative estimate of drug-likeness (QED) is 0.152. The van der Waals surface area contributed by atoms with Crippen molar-refractivity contribution in [1.29, 1.82) is 0 Å². The average molecular weight is 632 g/mol. The number of nitrogens with zero attached hydrogens (tertiary/aromatic N) is 5. The van der Waals surface area contributed by atoms with Crippen molar-refractivity contribution in [3.63, 3.8) is 0 Å². The van der Waals surface area contributed by atoms with Crippen LogP contribution in [-0.2, 0) is 34.5 Å². The number of aromatic nitrogens is 6. The van der Waals surface area contributed by atoms with Crippen LogP contribution in [-0.4, -0.2) is 75.2 Å². The number of nitrogens with one attached hydrogen (secondary N) is 2. The maximum absolute atomic E-state index is 13.0. The molecule has 0 spiro atoms. The van der Waals surface area contributed by atoms with E-state index in [1.54, 1.807) is 13.2 Å². The third kappa shape index (κ3) is 7.14. The highest BCUT2D eigenvalue weighted by molar-refractivity contribution is 7.47. The Bertz CT molecular complexity index is 1650. The highest BCUT2D eigenvalue weighted by Gasteiger charge is 2.44. The van der Waals surface area contributed by atoms with Crippen LogP contribution in [0.1, 0.15) is 31.9 Å². The maximum Gasteiger partial charge on any atom is 0.472 e. The minimum absolute atomic E-state index is 0.00710. The second kappa shape index (κ2) is 11.9. The van der Waals surface area contributed by atoms with Gasteiger partial charge in [-0.25, -0.2) is 19.1 Å². The van der Waals surface area contributed by atoms with Gasteiger partial charge in [0.2, 0.25) is 5.95 Å². The normalized spacial score (nSPS) is 26.0. The number of aryl methyl sites for hydroxylation is 1. The van der Waals surface area contributed by atoms with Gasteiger partial charge in [0, 0.05) is 31.9 Å². The third-order valence-electron chi connectivity index (χ3n) is 6.94. The monoisotopic (exact) mass is 632 g/mol. The van der Waals surface area contributed by atoms with Gasteiger partial charge >= 0.3 is 15.6 Å². The van der Waals surface area contributed by atoms with Crippen LogP contribution in [0, 0.1) is 5.92 Å².